The molecule has 29 heavy (non-hydrogen) atoms. The maximum Gasteiger partial charge on any atom is 0.262 e. The minimum atomic E-state index is -0.404. The SMILES string of the molecule is COc1ccc(CSc2nc3ccccc3c(=O)n2Cc2ccccc2)cc1F. The van der Waals surface area contributed by atoms with Crippen LogP contribution in [0.1, 0.15) is 11.1 Å². The fourth-order valence-corrected chi connectivity index (χ4v) is 4.05. The van der Waals surface area contributed by atoms with Crippen LogP contribution >= 0.6 is 11.8 Å². The number of nitrogens with zero attached hydrogens (tertiary/aromatic N) is 2. The van der Waals surface area contributed by atoms with Gasteiger partial charge in [-0.3, -0.25) is 9.36 Å². The zero-order chi connectivity index (χ0) is 20.2. The van der Waals surface area contributed by atoms with E-state index in [1.807, 2.05) is 54.6 Å². The third-order valence-electron chi connectivity index (χ3n) is 4.59. The number of hydrogen-bond donors (Lipinski definition) is 0. The molecule has 1 heterocycles. The summed E-state index contributed by atoms with van der Waals surface area (Å²) in [6.45, 7) is 0.427. The van der Waals surface area contributed by atoms with Crippen molar-refractivity contribution in [3.63, 3.8) is 0 Å². The molecule has 3 aromatic carbocycles. The van der Waals surface area contributed by atoms with E-state index in [0.29, 0.717) is 28.4 Å². The summed E-state index contributed by atoms with van der Waals surface area (Å²) >= 11 is 1.41. The molecule has 0 bridgehead atoms. The predicted octanol–water partition coefficient (Wildman–Crippen LogP) is 4.88. The summed E-state index contributed by atoms with van der Waals surface area (Å²) in [5.41, 5.74) is 2.39. The first-order chi connectivity index (χ1) is 14.2. The molecule has 4 rings (SSSR count). The zero-order valence-electron chi connectivity index (χ0n) is 15.8. The molecule has 0 saturated carbocycles. The maximum absolute atomic E-state index is 14.0. The fourth-order valence-electron chi connectivity index (χ4n) is 3.11. The Balaban J connectivity index is 1.71. The first kappa shape index (κ1) is 19.2. The molecule has 0 amide bonds. The number of halogens is 1. The smallest absolute Gasteiger partial charge is 0.262 e. The van der Waals surface area contributed by atoms with Crippen molar-refractivity contribution in [2.45, 2.75) is 17.5 Å². The van der Waals surface area contributed by atoms with E-state index in [9.17, 15) is 9.18 Å². The van der Waals surface area contributed by atoms with Crippen LogP contribution in [0.3, 0.4) is 0 Å². The van der Waals surface area contributed by atoms with E-state index in [0.717, 1.165) is 11.1 Å². The highest BCUT2D eigenvalue weighted by atomic mass is 32.2. The van der Waals surface area contributed by atoms with E-state index in [1.165, 1.54) is 24.9 Å². The van der Waals surface area contributed by atoms with Crippen LogP contribution in [-0.2, 0) is 12.3 Å². The van der Waals surface area contributed by atoms with E-state index >= 15 is 0 Å². The zero-order valence-corrected chi connectivity index (χ0v) is 16.7. The summed E-state index contributed by atoms with van der Waals surface area (Å²) in [4.78, 5) is 17.8. The van der Waals surface area contributed by atoms with Gasteiger partial charge in [-0.15, -0.1) is 0 Å². The molecule has 6 heteroatoms. The highest BCUT2D eigenvalue weighted by molar-refractivity contribution is 7.98. The van der Waals surface area contributed by atoms with Gasteiger partial charge >= 0.3 is 0 Å². The fraction of sp³-hybridized carbons (Fsp3) is 0.130. The van der Waals surface area contributed by atoms with E-state index in [1.54, 1.807) is 16.7 Å². The van der Waals surface area contributed by atoms with Crippen LogP contribution in [0.15, 0.2) is 82.7 Å². The highest BCUT2D eigenvalue weighted by Gasteiger charge is 2.13. The lowest BCUT2D eigenvalue weighted by atomic mass is 10.2. The molecule has 0 atom stereocenters. The quantitative estimate of drug-likeness (QED) is 0.338. The van der Waals surface area contributed by atoms with Crippen molar-refractivity contribution in [1.29, 1.82) is 0 Å². The van der Waals surface area contributed by atoms with E-state index in [2.05, 4.69) is 0 Å². The molecule has 0 aliphatic heterocycles. The second-order valence-corrected chi connectivity index (χ2v) is 7.49. The van der Waals surface area contributed by atoms with Gasteiger partial charge < -0.3 is 4.74 Å². The Morgan fingerprint density at radius 1 is 1.00 bits per heavy atom. The van der Waals surface area contributed by atoms with Crippen molar-refractivity contribution in [3.8, 4) is 5.75 Å². The number of benzene rings is 3. The number of ether oxygens (including phenoxy) is 1. The monoisotopic (exact) mass is 406 g/mol. The largest absolute Gasteiger partial charge is 0.494 e. The summed E-state index contributed by atoms with van der Waals surface area (Å²) in [6, 6.07) is 22.0. The molecule has 146 valence electrons. The molecule has 0 radical (unpaired) electrons. The second kappa shape index (κ2) is 8.49. The summed E-state index contributed by atoms with van der Waals surface area (Å²) in [6.07, 6.45) is 0. The van der Waals surface area contributed by atoms with Crippen molar-refractivity contribution >= 4 is 22.7 Å². The Labute approximate surface area is 172 Å². The number of methoxy groups -OCH3 is 1. The Bertz CT molecular complexity index is 1210. The minimum absolute atomic E-state index is 0.0807. The maximum atomic E-state index is 14.0. The minimum Gasteiger partial charge on any atom is -0.494 e. The third-order valence-corrected chi connectivity index (χ3v) is 5.64. The number of hydrogen-bond acceptors (Lipinski definition) is 4. The molecule has 0 spiro atoms. The molecule has 0 aliphatic rings. The lowest BCUT2D eigenvalue weighted by Gasteiger charge is -2.13. The van der Waals surface area contributed by atoms with Gasteiger partial charge in [0.05, 0.1) is 24.6 Å². The first-order valence-corrected chi connectivity index (χ1v) is 10.1. The molecule has 0 saturated heterocycles. The average molecular weight is 406 g/mol. The van der Waals surface area contributed by atoms with Crippen LogP contribution in [0, 0.1) is 5.82 Å². The van der Waals surface area contributed by atoms with E-state index in [4.69, 9.17) is 9.72 Å². The van der Waals surface area contributed by atoms with Crippen LogP contribution < -0.4 is 10.3 Å². The Morgan fingerprint density at radius 3 is 2.52 bits per heavy atom. The Hall–Kier alpha value is -3.12. The number of rotatable bonds is 6. The average Bonchev–Trinajstić information content (AvgIpc) is 2.75. The molecule has 1 aromatic heterocycles. The van der Waals surface area contributed by atoms with E-state index < -0.39 is 5.82 Å². The van der Waals surface area contributed by atoms with Gasteiger partial charge in [0.2, 0.25) is 0 Å². The Kier molecular flexibility index (Phi) is 5.62. The second-order valence-electron chi connectivity index (χ2n) is 6.55. The van der Waals surface area contributed by atoms with Crippen molar-refractivity contribution in [1.82, 2.24) is 9.55 Å². The Morgan fingerprint density at radius 2 is 1.76 bits per heavy atom. The molecule has 0 aliphatic carbocycles. The van der Waals surface area contributed by atoms with Crippen LogP contribution in [0.4, 0.5) is 4.39 Å². The van der Waals surface area contributed by atoms with Gasteiger partial charge in [-0.2, -0.15) is 0 Å². The van der Waals surface area contributed by atoms with Crippen molar-refractivity contribution in [2.75, 3.05) is 7.11 Å². The topological polar surface area (TPSA) is 44.1 Å². The molecule has 0 N–H and O–H groups in total. The van der Waals surface area contributed by atoms with Crippen molar-refractivity contribution in [2.24, 2.45) is 0 Å². The van der Waals surface area contributed by atoms with Gasteiger partial charge in [0.25, 0.3) is 5.56 Å². The lowest BCUT2D eigenvalue weighted by Crippen LogP contribution is -2.24. The van der Waals surface area contributed by atoms with Gasteiger partial charge in [-0.1, -0.05) is 60.3 Å². The van der Waals surface area contributed by atoms with Crippen LogP contribution in [0.5, 0.6) is 5.75 Å². The lowest BCUT2D eigenvalue weighted by molar-refractivity contribution is 0.386. The molecule has 0 fully saturated rings. The van der Waals surface area contributed by atoms with Gasteiger partial charge in [0.15, 0.2) is 16.7 Å². The summed E-state index contributed by atoms with van der Waals surface area (Å²) in [7, 11) is 1.44. The van der Waals surface area contributed by atoms with Gasteiger partial charge in [-0.05, 0) is 35.4 Å². The normalized spacial score (nSPS) is 11.0. The molecular weight excluding hydrogens is 387 g/mol. The van der Waals surface area contributed by atoms with Crippen LogP contribution in [-0.4, -0.2) is 16.7 Å². The van der Waals surface area contributed by atoms with Gasteiger partial charge in [0, 0.05) is 5.75 Å². The molecule has 0 unspecified atom stereocenters. The number of aromatic nitrogens is 2. The molecular formula is C23H19FN2O2S. The number of para-hydroxylation sites is 1. The molecule has 4 aromatic rings. The number of fused-ring (bicyclic) bond motifs is 1. The molecule has 4 nitrogen and oxygen atoms in total. The van der Waals surface area contributed by atoms with Gasteiger partial charge in [-0.25, -0.2) is 9.37 Å². The van der Waals surface area contributed by atoms with Crippen molar-refractivity contribution < 1.29 is 9.13 Å². The summed E-state index contributed by atoms with van der Waals surface area (Å²) in [5, 5.41) is 1.19. The third kappa shape index (κ3) is 4.17. The van der Waals surface area contributed by atoms with Crippen LogP contribution in [0.2, 0.25) is 0 Å². The summed E-state index contributed by atoms with van der Waals surface area (Å²) in [5.74, 6) is 0.294. The van der Waals surface area contributed by atoms with Crippen LogP contribution in [0.25, 0.3) is 10.9 Å². The highest BCUT2D eigenvalue weighted by Crippen LogP contribution is 2.25. The van der Waals surface area contributed by atoms with Gasteiger partial charge in [0.1, 0.15) is 0 Å². The standard InChI is InChI=1S/C23H19FN2O2S/c1-28-21-12-11-17(13-19(21)24)15-29-23-25-20-10-6-5-9-18(20)22(27)26(23)14-16-7-3-2-4-8-16/h2-13H,14-15H2,1H3. The first-order valence-electron chi connectivity index (χ1n) is 9.14. The van der Waals surface area contributed by atoms with Crippen molar-refractivity contribution in [3.05, 3.63) is 100 Å². The summed E-state index contributed by atoms with van der Waals surface area (Å²) < 4.78 is 20.7. The predicted molar refractivity (Wildman–Crippen MR) is 114 cm³/mol. The number of thioether (sulfide) groups is 1. The van der Waals surface area contributed by atoms with E-state index in [-0.39, 0.29) is 11.3 Å².